The smallest absolute Gasteiger partial charge is 0.196 e. The summed E-state index contributed by atoms with van der Waals surface area (Å²) in [6.07, 6.45) is 3.75. The normalized spacial score (nSPS) is 28.3. The van der Waals surface area contributed by atoms with E-state index < -0.39 is 5.92 Å². The largest absolute Gasteiger partial charge is 0.296 e. The van der Waals surface area contributed by atoms with Crippen molar-refractivity contribution >= 4 is 37.4 Å². The number of alkyl halides is 3. The highest BCUT2D eigenvalue weighted by molar-refractivity contribution is 9.10. The van der Waals surface area contributed by atoms with Gasteiger partial charge in [0.1, 0.15) is 0 Å². The van der Waals surface area contributed by atoms with Crippen LogP contribution in [0, 0.1) is 5.92 Å². The Morgan fingerprint density at radius 1 is 1.28 bits per heavy atom. The van der Waals surface area contributed by atoms with Gasteiger partial charge in [-0.1, -0.05) is 57.0 Å². The molecule has 0 saturated heterocycles. The van der Waals surface area contributed by atoms with E-state index >= 15 is 0 Å². The lowest BCUT2D eigenvalue weighted by molar-refractivity contribution is 0.0324. The minimum absolute atomic E-state index is 0.0279. The molecule has 0 aromatic heterocycles. The van der Waals surface area contributed by atoms with Gasteiger partial charge in [0.05, 0.1) is 0 Å². The first-order valence-electron chi connectivity index (χ1n) is 5.68. The van der Waals surface area contributed by atoms with Crippen LogP contribution >= 0.6 is 31.9 Å². The van der Waals surface area contributed by atoms with E-state index in [0.29, 0.717) is 15.6 Å². The number of fused-ring (bicyclic) bond motifs is 2. The monoisotopic (exact) mass is 374 g/mol. The van der Waals surface area contributed by atoms with Gasteiger partial charge >= 0.3 is 0 Å². The molecule has 3 rings (SSSR count). The first-order chi connectivity index (χ1) is 8.43. The molecule has 0 bridgehead atoms. The molecule has 0 spiro atoms. The number of benzene rings is 1. The van der Waals surface area contributed by atoms with Crippen LogP contribution in [-0.2, 0) is 5.92 Å². The van der Waals surface area contributed by atoms with Gasteiger partial charge in [0, 0.05) is 26.4 Å². The Morgan fingerprint density at radius 3 is 2.72 bits per heavy atom. The highest BCUT2D eigenvalue weighted by Crippen LogP contribution is 2.55. The first kappa shape index (κ1) is 12.5. The minimum atomic E-state index is -2.87. The van der Waals surface area contributed by atoms with Gasteiger partial charge in [-0.15, -0.1) is 0 Å². The lowest BCUT2D eigenvalue weighted by Gasteiger charge is -2.26. The molecule has 1 aromatic carbocycles. The molecule has 0 nitrogen and oxygen atoms in total. The van der Waals surface area contributed by atoms with Crippen LogP contribution in [0.5, 0.6) is 0 Å². The lowest BCUT2D eigenvalue weighted by atomic mass is 9.87. The second-order valence-electron chi connectivity index (χ2n) is 4.68. The van der Waals surface area contributed by atoms with Crippen molar-refractivity contribution < 1.29 is 8.78 Å². The molecule has 2 aliphatic rings. The van der Waals surface area contributed by atoms with Crippen molar-refractivity contribution in [2.75, 3.05) is 0 Å². The number of rotatable bonds is 0. The zero-order chi connectivity index (χ0) is 13.1. The fourth-order valence-electron chi connectivity index (χ4n) is 2.70. The average Bonchev–Trinajstić information content (AvgIpc) is 2.53. The molecule has 2 unspecified atom stereocenters. The summed E-state index contributed by atoms with van der Waals surface area (Å²) in [5, 5.41) is 0. The van der Waals surface area contributed by atoms with E-state index in [1.54, 1.807) is 6.07 Å². The number of halogens is 4. The summed E-state index contributed by atoms with van der Waals surface area (Å²) < 4.78 is 29.8. The van der Waals surface area contributed by atoms with Gasteiger partial charge in [0.2, 0.25) is 0 Å². The molecule has 0 fully saturated rings. The van der Waals surface area contributed by atoms with Crippen molar-refractivity contribution in [3.63, 3.8) is 0 Å². The lowest BCUT2D eigenvalue weighted by Crippen LogP contribution is -2.24. The summed E-state index contributed by atoms with van der Waals surface area (Å²) in [6.45, 7) is 1.84. The van der Waals surface area contributed by atoms with Crippen molar-refractivity contribution in [1.29, 1.82) is 0 Å². The molecule has 0 N–H and O–H groups in total. The van der Waals surface area contributed by atoms with Gasteiger partial charge in [-0.2, -0.15) is 8.78 Å². The minimum Gasteiger partial charge on any atom is -0.196 e. The molecule has 0 amide bonds. The Balaban J connectivity index is 2.26. The van der Waals surface area contributed by atoms with Gasteiger partial charge in [-0.05, 0) is 23.3 Å². The highest BCUT2D eigenvalue weighted by Gasteiger charge is 2.49. The van der Waals surface area contributed by atoms with Gasteiger partial charge in [-0.3, -0.25) is 0 Å². The predicted octanol–water partition coefficient (Wildman–Crippen LogP) is 5.28. The van der Waals surface area contributed by atoms with Crippen LogP contribution in [0.25, 0.3) is 5.57 Å². The highest BCUT2D eigenvalue weighted by atomic mass is 79.9. The maximum Gasteiger partial charge on any atom is 0.296 e. The van der Waals surface area contributed by atoms with Crippen LogP contribution in [-0.4, -0.2) is 4.83 Å². The van der Waals surface area contributed by atoms with Crippen LogP contribution in [0.15, 0.2) is 40.4 Å². The van der Waals surface area contributed by atoms with Crippen molar-refractivity contribution in [3.8, 4) is 0 Å². The van der Waals surface area contributed by atoms with Crippen LogP contribution in [0.4, 0.5) is 8.78 Å². The third-order valence-electron chi connectivity index (χ3n) is 3.62. The Hall–Kier alpha value is -0.480. The van der Waals surface area contributed by atoms with Crippen molar-refractivity contribution in [2.24, 2.45) is 5.92 Å². The topological polar surface area (TPSA) is 0 Å². The van der Waals surface area contributed by atoms with Crippen LogP contribution < -0.4 is 0 Å². The quantitative estimate of drug-likeness (QED) is 0.541. The van der Waals surface area contributed by atoms with E-state index in [1.807, 2.05) is 25.1 Å². The molecule has 0 heterocycles. The molecular weight excluding hydrogens is 366 g/mol. The molecule has 0 radical (unpaired) electrons. The second-order valence-corrected chi connectivity index (χ2v) is 6.66. The van der Waals surface area contributed by atoms with Crippen molar-refractivity contribution in [1.82, 2.24) is 0 Å². The summed E-state index contributed by atoms with van der Waals surface area (Å²) in [5.74, 6) is -3.07. The van der Waals surface area contributed by atoms with E-state index in [-0.39, 0.29) is 21.9 Å². The Kier molecular flexibility index (Phi) is 2.79. The average molecular weight is 376 g/mol. The van der Waals surface area contributed by atoms with E-state index in [0.717, 1.165) is 0 Å². The van der Waals surface area contributed by atoms with Gasteiger partial charge in [0.15, 0.2) is 0 Å². The summed E-state index contributed by atoms with van der Waals surface area (Å²) in [5.41, 5.74) is 1.69. The summed E-state index contributed by atoms with van der Waals surface area (Å²) in [7, 11) is 0. The Labute approximate surface area is 121 Å². The summed E-state index contributed by atoms with van der Waals surface area (Å²) in [6, 6.07) is 5.10. The molecular formula is C14H10Br2F2. The maximum absolute atomic E-state index is 14.5. The predicted molar refractivity (Wildman–Crippen MR) is 76.0 cm³/mol. The summed E-state index contributed by atoms with van der Waals surface area (Å²) in [4.78, 5) is -0.0279. The maximum atomic E-state index is 14.5. The number of allylic oxidation sites excluding steroid dienone is 4. The first-order valence-corrected chi connectivity index (χ1v) is 7.39. The molecule has 4 heteroatoms. The molecule has 2 aliphatic carbocycles. The fourth-order valence-corrected chi connectivity index (χ4v) is 3.47. The Bertz CT molecular complexity index is 587. The van der Waals surface area contributed by atoms with E-state index in [2.05, 4.69) is 31.9 Å². The van der Waals surface area contributed by atoms with E-state index in [9.17, 15) is 8.78 Å². The fraction of sp³-hybridized carbons (Fsp3) is 0.286. The number of hydrogen-bond acceptors (Lipinski definition) is 0. The van der Waals surface area contributed by atoms with Gasteiger partial charge < -0.3 is 0 Å². The van der Waals surface area contributed by atoms with Crippen LogP contribution in [0.1, 0.15) is 18.1 Å². The standard InChI is InChI=1S/C14H10Br2F2/c1-7-12(16)5-4-10-9-3-2-8(15)6-11(9)14(17,18)13(7)10/h2-7,12H,1H3. The van der Waals surface area contributed by atoms with E-state index in [1.165, 1.54) is 6.07 Å². The second kappa shape index (κ2) is 4.01. The van der Waals surface area contributed by atoms with Gasteiger partial charge in [0.25, 0.3) is 5.92 Å². The number of hydrogen-bond donors (Lipinski definition) is 0. The molecule has 1 aromatic rings. The Morgan fingerprint density at radius 2 is 2.00 bits per heavy atom. The zero-order valence-electron chi connectivity index (χ0n) is 9.55. The zero-order valence-corrected chi connectivity index (χ0v) is 12.7. The van der Waals surface area contributed by atoms with Crippen molar-refractivity contribution in [3.05, 3.63) is 51.5 Å². The van der Waals surface area contributed by atoms with Gasteiger partial charge in [-0.25, -0.2) is 0 Å². The third-order valence-corrected chi connectivity index (χ3v) is 5.21. The van der Waals surface area contributed by atoms with Crippen molar-refractivity contribution in [2.45, 2.75) is 17.7 Å². The third kappa shape index (κ3) is 1.58. The van der Waals surface area contributed by atoms with Crippen LogP contribution in [0.2, 0.25) is 0 Å². The van der Waals surface area contributed by atoms with Crippen LogP contribution in [0.3, 0.4) is 0 Å². The molecule has 2 atom stereocenters. The molecule has 0 aliphatic heterocycles. The SMILES string of the molecule is CC1C2=C(C=CC1Br)c1ccc(Br)cc1C2(F)F. The molecule has 0 saturated carbocycles. The molecule has 94 valence electrons. The van der Waals surface area contributed by atoms with E-state index in [4.69, 9.17) is 0 Å². The molecule has 18 heavy (non-hydrogen) atoms. The summed E-state index contributed by atoms with van der Waals surface area (Å²) >= 11 is 6.70.